The van der Waals surface area contributed by atoms with Crippen LogP contribution in [0, 0.1) is 0 Å². The van der Waals surface area contributed by atoms with Crippen LogP contribution < -0.4 is 4.72 Å². The quantitative estimate of drug-likeness (QED) is 0.847. The molecule has 1 aromatic rings. The molecule has 0 spiro atoms. The third-order valence-electron chi connectivity index (χ3n) is 3.48. The molecular formula is C13H14N2O4S2. The fourth-order valence-electron chi connectivity index (χ4n) is 2.44. The molecule has 2 N–H and O–H groups in total. The van der Waals surface area contributed by atoms with Crippen molar-refractivity contribution < 1.29 is 18.3 Å². The van der Waals surface area contributed by atoms with Gasteiger partial charge in [-0.05, 0) is 18.2 Å². The Hall–Kier alpha value is -1.51. The van der Waals surface area contributed by atoms with Crippen molar-refractivity contribution in [1.29, 1.82) is 0 Å². The summed E-state index contributed by atoms with van der Waals surface area (Å²) in [6.07, 6.45) is 1.66. The predicted octanol–water partition coefficient (Wildman–Crippen LogP) is 0.691. The highest BCUT2D eigenvalue weighted by Crippen LogP contribution is 2.36. The molecule has 0 saturated carbocycles. The summed E-state index contributed by atoms with van der Waals surface area (Å²) in [6.45, 7) is 0.377. The van der Waals surface area contributed by atoms with Gasteiger partial charge in [-0.1, -0.05) is 18.2 Å². The summed E-state index contributed by atoms with van der Waals surface area (Å²) in [5, 5.41) is 8.95. The standard InChI is InChI=1S/C13H14N2O4S2/c16-13(17)11-6-7-20-12-10(8-15(11)12)14-21(18,19)9-4-2-1-3-5-9/h1-6,10,12,14H,7-8H2,(H,16,17). The topological polar surface area (TPSA) is 86.7 Å². The first-order valence-electron chi connectivity index (χ1n) is 6.38. The van der Waals surface area contributed by atoms with Gasteiger partial charge in [0.1, 0.15) is 5.70 Å². The molecule has 3 rings (SSSR count). The number of hydrogen-bond donors (Lipinski definition) is 2. The molecule has 2 atom stereocenters. The second kappa shape index (κ2) is 5.36. The van der Waals surface area contributed by atoms with Gasteiger partial charge in [0.25, 0.3) is 0 Å². The molecule has 2 unspecified atom stereocenters. The van der Waals surface area contributed by atoms with E-state index in [4.69, 9.17) is 5.11 Å². The molecule has 0 radical (unpaired) electrons. The zero-order valence-electron chi connectivity index (χ0n) is 11.0. The Labute approximate surface area is 126 Å². The average molecular weight is 326 g/mol. The van der Waals surface area contributed by atoms with Gasteiger partial charge in [0.2, 0.25) is 10.0 Å². The number of carbonyl (C=O) groups is 1. The molecule has 6 nitrogen and oxygen atoms in total. The summed E-state index contributed by atoms with van der Waals surface area (Å²) < 4.78 is 27.2. The highest BCUT2D eigenvalue weighted by Gasteiger charge is 2.45. The van der Waals surface area contributed by atoms with Crippen molar-refractivity contribution in [2.75, 3.05) is 12.3 Å². The molecule has 0 aliphatic carbocycles. The third-order valence-corrected chi connectivity index (χ3v) is 6.27. The molecule has 1 fully saturated rings. The Morgan fingerprint density at radius 1 is 1.33 bits per heavy atom. The van der Waals surface area contributed by atoms with Crippen molar-refractivity contribution in [2.45, 2.75) is 16.3 Å². The van der Waals surface area contributed by atoms with Gasteiger partial charge in [-0.3, -0.25) is 0 Å². The van der Waals surface area contributed by atoms with Crippen molar-refractivity contribution >= 4 is 27.8 Å². The number of carboxylic acid groups (broad SMARTS) is 1. The maximum Gasteiger partial charge on any atom is 0.351 e. The van der Waals surface area contributed by atoms with Crippen molar-refractivity contribution in [1.82, 2.24) is 9.62 Å². The summed E-state index contributed by atoms with van der Waals surface area (Å²) >= 11 is 1.54. The van der Waals surface area contributed by atoms with Gasteiger partial charge in [0.05, 0.1) is 16.3 Å². The number of rotatable bonds is 4. The Morgan fingerprint density at radius 2 is 2.05 bits per heavy atom. The van der Waals surface area contributed by atoms with E-state index in [1.807, 2.05) is 0 Å². The maximum atomic E-state index is 12.3. The highest BCUT2D eigenvalue weighted by atomic mass is 32.2. The smallest absolute Gasteiger partial charge is 0.351 e. The molecule has 21 heavy (non-hydrogen) atoms. The minimum Gasteiger partial charge on any atom is -0.477 e. The van der Waals surface area contributed by atoms with Gasteiger partial charge in [-0.25, -0.2) is 17.9 Å². The number of nitrogens with one attached hydrogen (secondary N) is 1. The Kier molecular flexibility index (Phi) is 3.68. The van der Waals surface area contributed by atoms with Crippen molar-refractivity contribution in [3.63, 3.8) is 0 Å². The monoisotopic (exact) mass is 326 g/mol. The summed E-state index contributed by atoms with van der Waals surface area (Å²) in [5.74, 6) is -0.392. The van der Waals surface area contributed by atoms with Crippen LogP contribution in [0.4, 0.5) is 0 Å². The zero-order valence-corrected chi connectivity index (χ0v) is 12.6. The van der Waals surface area contributed by atoms with Gasteiger partial charge < -0.3 is 10.0 Å². The molecule has 1 saturated heterocycles. The first kappa shape index (κ1) is 14.4. The van der Waals surface area contributed by atoms with E-state index in [2.05, 4.69) is 4.72 Å². The van der Waals surface area contributed by atoms with E-state index in [9.17, 15) is 13.2 Å². The number of hydrogen-bond acceptors (Lipinski definition) is 5. The Balaban J connectivity index is 1.72. The van der Waals surface area contributed by atoms with Crippen LogP contribution in [-0.2, 0) is 14.8 Å². The van der Waals surface area contributed by atoms with Crippen LogP contribution in [0.1, 0.15) is 0 Å². The molecule has 0 bridgehead atoms. The largest absolute Gasteiger partial charge is 0.477 e. The maximum absolute atomic E-state index is 12.3. The fourth-order valence-corrected chi connectivity index (χ4v) is 5.00. The first-order chi connectivity index (χ1) is 9.99. The van der Waals surface area contributed by atoms with Crippen LogP contribution in [-0.4, -0.2) is 48.1 Å². The molecule has 2 aliphatic rings. The molecular weight excluding hydrogens is 312 g/mol. The average Bonchev–Trinajstić information content (AvgIpc) is 2.45. The number of nitrogens with zero attached hydrogens (tertiary/aromatic N) is 1. The highest BCUT2D eigenvalue weighted by molar-refractivity contribution is 8.00. The van der Waals surface area contributed by atoms with Crippen LogP contribution in [0.25, 0.3) is 0 Å². The molecule has 112 valence electrons. The number of aliphatic carboxylic acids is 1. The lowest BCUT2D eigenvalue weighted by Gasteiger charge is -2.50. The van der Waals surface area contributed by atoms with Gasteiger partial charge in [0, 0.05) is 12.3 Å². The lowest BCUT2D eigenvalue weighted by molar-refractivity contribution is -0.135. The van der Waals surface area contributed by atoms with Gasteiger partial charge in [-0.2, -0.15) is 0 Å². The summed E-state index contributed by atoms with van der Waals surface area (Å²) in [4.78, 5) is 13.0. The second-order valence-corrected chi connectivity index (χ2v) is 7.68. The summed E-state index contributed by atoms with van der Waals surface area (Å²) in [6, 6.07) is 7.89. The van der Waals surface area contributed by atoms with E-state index in [1.165, 1.54) is 23.9 Å². The number of benzene rings is 1. The van der Waals surface area contributed by atoms with E-state index in [0.29, 0.717) is 12.3 Å². The minimum atomic E-state index is -3.57. The third kappa shape index (κ3) is 2.66. The fraction of sp³-hybridized carbons (Fsp3) is 0.308. The Morgan fingerprint density at radius 3 is 2.71 bits per heavy atom. The molecule has 0 amide bonds. The lowest BCUT2D eigenvalue weighted by atomic mass is 10.1. The van der Waals surface area contributed by atoms with E-state index >= 15 is 0 Å². The van der Waals surface area contributed by atoms with E-state index < -0.39 is 16.0 Å². The Bertz CT molecular complexity index is 687. The number of sulfonamides is 1. The van der Waals surface area contributed by atoms with Crippen molar-refractivity contribution in [2.24, 2.45) is 0 Å². The van der Waals surface area contributed by atoms with E-state index in [0.717, 1.165) is 0 Å². The minimum absolute atomic E-state index is 0.153. The summed E-state index contributed by atoms with van der Waals surface area (Å²) in [5.41, 5.74) is 0.258. The van der Waals surface area contributed by atoms with Crippen LogP contribution in [0.5, 0.6) is 0 Å². The SMILES string of the molecule is O=C(O)C1=CCSC2C(NS(=O)(=O)c3ccccc3)CN12. The van der Waals surface area contributed by atoms with Gasteiger partial charge in [-0.15, -0.1) is 11.8 Å². The van der Waals surface area contributed by atoms with Crippen molar-refractivity contribution in [3.8, 4) is 0 Å². The second-order valence-electron chi connectivity index (χ2n) is 4.81. The molecule has 2 aliphatic heterocycles. The molecule has 1 aromatic carbocycles. The van der Waals surface area contributed by atoms with Crippen LogP contribution in [0.2, 0.25) is 0 Å². The number of carboxylic acids is 1. The van der Waals surface area contributed by atoms with Crippen LogP contribution in [0.15, 0.2) is 47.0 Å². The zero-order chi connectivity index (χ0) is 15.0. The molecule has 2 heterocycles. The normalized spacial score (nSPS) is 24.8. The van der Waals surface area contributed by atoms with Gasteiger partial charge >= 0.3 is 5.97 Å². The predicted molar refractivity (Wildman–Crippen MR) is 79.2 cm³/mol. The molecule has 0 aromatic heterocycles. The number of fused-ring (bicyclic) bond motifs is 1. The van der Waals surface area contributed by atoms with Gasteiger partial charge in [0.15, 0.2) is 0 Å². The van der Waals surface area contributed by atoms with Crippen LogP contribution in [0.3, 0.4) is 0 Å². The van der Waals surface area contributed by atoms with Crippen LogP contribution >= 0.6 is 11.8 Å². The van der Waals surface area contributed by atoms with E-state index in [1.54, 1.807) is 29.2 Å². The van der Waals surface area contributed by atoms with E-state index in [-0.39, 0.29) is 22.0 Å². The summed E-state index contributed by atoms with van der Waals surface area (Å²) in [7, 11) is -3.57. The van der Waals surface area contributed by atoms with Crippen molar-refractivity contribution in [3.05, 3.63) is 42.1 Å². The number of thioether (sulfide) groups is 1. The lowest BCUT2D eigenvalue weighted by Crippen LogP contribution is -2.66. The first-order valence-corrected chi connectivity index (χ1v) is 8.91. The molecule has 8 heteroatoms.